The number of ether oxygens (including phenoxy) is 4. The molecule has 6 aromatic carbocycles. The van der Waals surface area contributed by atoms with Crippen LogP contribution in [0.15, 0.2) is 183 Å². The summed E-state index contributed by atoms with van der Waals surface area (Å²) in [6.07, 6.45) is 1.43. The molecule has 0 bridgehead atoms. The highest BCUT2D eigenvalue weighted by Crippen LogP contribution is 2.44. The van der Waals surface area contributed by atoms with E-state index in [2.05, 4.69) is 66.0 Å². The maximum atomic E-state index is 11.7. The zero-order valence-corrected chi connectivity index (χ0v) is 33.3. The van der Waals surface area contributed by atoms with Gasteiger partial charge in [-0.25, -0.2) is 15.0 Å². The molecule has 1 fully saturated rings. The van der Waals surface area contributed by atoms with Gasteiger partial charge in [-0.05, 0) is 57.6 Å². The quantitative estimate of drug-likeness (QED) is 0.0823. The Balaban J connectivity index is 1.05. The predicted octanol–water partition coefficient (Wildman–Crippen LogP) is 8.90. The normalized spacial score (nSPS) is 16.8. The van der Waals surface area contributed by atoms with Gasteiger partial charge in [-0.1, -0.05) is 146 Å². The first-order valence-corrected chi connectivity index (χ1v) is 20.0. The summed E-state index contributed by atoms with van der Waals surface area (Å²) in [5.41, 5.74) is 5.02. The van der Waals surface area contributed by atoms with Gasteiger partial charge in [0.15, 0.2) is 23.2 Å². The summed E-state index contributed by atoms with van der Waals surface area (Å²) in [6, 6.07) is 56.9. The van der Waals surface area contributed by atoms with E-state index >= 15 is 0 Å². The highest BCUT2D eigenvalue weighted by molar-refractivity contribution is 5.84. The fourth-order valence-corrected chi connectivity index (χ4v) is 8.47. The zero-order valence-electron chi connectivity index (χ0n) is 33.3. The van der Waals surface area contributed by atoms with Crippen LogP contribution in [-0.2, 0) is 20.6 Å². The van der Waals surface area contributed by atoms with Gasteiger partial charge in [0.25, 0.3) is 0 Å². The van der Waals surface area contributed by atoms with Crippen LogP contribution >= 0.6 is 0 Å². The van der Waals surface area contributed by atoms with E-state index in [-0.39, 0.29) is 6.61 Å². The van der Waals surface area contributed by atoms with E-state index in [1.807, 2.05) is 109 Å². The summed E-state index contributed by atoms with van der Waals surface area (Å²) in [4.78, 5) is 14.3. The summed E-state index contributed by atoms with van der Waals surface area (Å²) in [6.45, 7) is 0.191. The monoisotopic (exact) mass is 800 g/mol. The molecule has 300 valence electrons. The highest BCUT2D eigenvalue weighted by Gasteiger charge is 2.43. The van der Waals surface area contributed by atoms with E-state index in [4.69, 9.17) is 33.9 Å². The van der Waals surface area contributed by atoms with Crippen molar-refractivity contribution in [3.63, 3.8) is 0 Å². The number of fused-ring (bicyclic) bond motifs is 1. The fraction of sp³-hybridized carbons (Fsp3) is 0.180. The van der Waals surface area contributed by atoms with Gasteiger partial charge in [0.1, 0.15) is 35.1 Å². The van der Waals surface area contributed by atoms with Crippen molar-refractivity contribution in [2.75, 3.05) is 26.1 Å². The summed E-state index contributed by atoms with van der Waals surface area (Å²) in [7, 11) is 3.32. The second-order valence-corrected chi connectivity index (χ2v) is 14.8. The Bertz CT molecular complexity index is 2550. The fourth-order valence-electron chi connectivity index (χ4n) is 8.47. The molecular weight excluding hydrogens is 756 g/mol. The first-order valence-electron chi connectivity index (χ1n) is 20.0. The number of anilines is 1. The number of aliphatic hydroxyl groups excluding tert-OH is 1. The van der Waals surface area contributed by atoms with Crippen LogP contribution in [-0.4, -0.2) is 57.7 Å². The number of aromatic nitrogens is 4. The minimum atomic E-state index is -0.982. The molecule has 3 atom stereocenters. The average molecular weight is 801 g/mol. The lowest BCUT2D eigenvalue weighted by atomic mass is 9.77. The summed E-state index contributed by atoms with van der Waals surface area (Å²) in [5.74, 6) is 2.02. The molecule has 1 aliphatic rings. The first kappa shape index (κ1) is 38.7. The lowest BCUT2D eigenvalue weighted by Crippen LogP contribution is -2.38. The lowest BCUT2D eigenvalue weighted by molar-refractivity contribution is -0.0851. The van der Waals surface area contributed by atoms with Gasteiger partial charge in [-0.2, -0.15) is 0 Å². The number of nitrogens with one attached hydrogen (secondary N) is 1. The Hall–Kier alpha value is -6.85. The number of nitrogens with zero attached hydrogens (tertiary/aromatic N) is 4. The summed E-state index contributed by atoms with van der Waals surface area (Å²) < 4.78 is 26.6. The maximum absolute atomic E-state index is 11.7. The number of aliphatic hydroxyl groups is 1. The van der Waals surface area contributed by atoms with Crippen LogP contribution in [0.5, 0.6) is 11.5 Å². The number of hydrogen-bond donors (Lipinski definition) is 2. The first-order chi connectivity index (χ1) is 29.5. The van der Waals surface area contributed by atoms with Crippen molar-refractivity contribution in [2.45, 2.75) is 36.0 Å². The Kier molecular flexibility index (Phi) is 10.8. The molecule has 0 saturated carbocycles. The number of rotatable bonds is 14. The van der Waals surface area contributed by atoms with Crippen LogP contribution < -0.4 is 14.8 Å². The highest BCUT2D eigenvalue weighted by atomic mass is 16.7. The third-order valence-corrected chi connectivity index (χ3v) is 11.4. The second kappa shape index (κ2) is 16.8. The van der Waals surface area contributed by atoms with Crippen molar-refractivity contribution in [3.8, 4) is 11.5 Å². The molecule has 10 nitrogen and oxygen atoms in total. The molecule has 0 amide bonds. The van der Waals surface area contributed by atoms with Gasteiger partial charge in [0.2, 0.25) is 0 Å². The van der Waals surface area contributed by atoms with Crippen molar-refractivity contribution in [1.82, 2.24) is 19.5 Å². The predicted molar refractivity (Wildman–Crippen MR) is 231 cm³/mol. The van der Waals surface area contributed by atoms with Crippen LogP contribution in [0.3, 0.4) is 0 Å². The van der Waals surface area contributed by atoms with Gasteiger partial charge in [-0.3, -0.25) is 4.57 Å². The van der Waals surface area contributed by atoms with E-state index in [0.29, 0.717) is 23.4 Å². The smallest absolute Gasteiger partial charge is 0.167 e. The molecule has 3 heterocycles. The van der Waals surface area contributed by atoms with Gasteiger partial charge in [0, 0.05) is 6.42 Å². The number of hydrogen-bond acceptors (Lipinski definition) is 9. The van der Waals surface area contributed by atoms with E-state index < -0.39 is 29.6 Å². The Morgan fingerprint density at radius 2 is 1.08 bits per heavy atom. The summed E-state index contributed by atoms with van der Waals surface area (Å²) in [5, 5.41) is 15.5. The minimum Gasteiger partial charge on any atom is -0.497 e. The van der Waals surface area contributed by atoms with Crippen molar-refractivity contribution in [1.29, 1.82) is 0 Å². The molecule has 60 heavy (non-hydrogen) atoms. The van der Waals surface area contributed by atoms with Crippen molar-refractivity contribution >= 4 is 17.0 Å². The van der Waals surface area contributed by atoms with E-state index in [1.54, 1.807) is 25.1 Å². The van der Waals surface area contributed by atoms with Crippen LogP contribution in [0.25, 0.3) is 11.2 Å². The van der Waals surface area contributed by atoms with Crippen LogP contribution in [0.1, 0.15) is 46.0 Å². The molecule has 10 heteroatoms. The second-order valence-electron chi connectivity index (χ2n) is 14.8. The van der Waals surface area contributed by atoms with Gasteiger partial charge in [-0.15, -0.1) is 0 Å². The van der Waals surface area contributed by atoms with Crippen molar-refractivity contribution in [3.05, 3.63) is 216 Å². The van der Waals surface area contributed by atoms with Gasteiger partial charge in [0.05, 0.1) is 33.3 Å². The maximum Gasteiger partial charge on any atom is 0.167 e. The number of methoxy groups -OCH3 is 2. The van der Waals surface area contributed by atoms with Crippen LogP contribution in [0.2, 0.25) is 0 Å². The third kappa shape index (κ3) is 7.04. The largest absolute Gasteiger partial charge is 0.497 e. The zero-order chi connectivity index (χ0) is 40.9. The van der Waals surface area contributed by atoms with Crippen LogP contribution in [0.4, 0.5) is 5.82 Å². The standard InChI is InChI=1S/C50H45N5O5/c1-57-41-27-23-37(24-28-41)49(35-15-7-3-8-16-35,36-17-9-4-10-18-36)54-46-45-47(52-33-51-46)55(34-53-45)48-44(56)31-43(60-48)32-59-50(38-19-11-5-12-20-38,39-21-13-6-14-22-39)40-25-29-42(58-2)30-26-40/h3-30,33-34,43-44,48,56H,31-32H2,1-2H3,(H,51,52,54)/t43-,44+,48+/m0/s1/i31+1,32+1,43+1,44+1,48+1. The van der Waals surface area contributed by atoms with Crippen LogP contribution in [0, 0.1) is 0 Å². The molecule has 1 aliphatic heterocycles. The molecule has 8 aromatic rings. The number of imidazole rings is 1. The summed E-state index contributed by atoms with van der Waals surface area (Å²) >= 11 is 0. The molecule has 9 rings (SSSR count). The molecule has 0 unspecified atom stereocenters. The minimum absolute atomic E-state index is 0.191. The molecule has 0 spiro atoms. The molecule has 2 N–H and O–H groups in total. The molecule has 1 saturated heterocycles. The SMILES string of the molecule is COc1ccc(C(Nc2ncnc3c2ncn3[13C@@H]2O[13C@H]([13CH2]OC(c3ccccc3)(c3ccccc3)c3ccc(OC)cc3)[13CH2][13C@H]2O)(c2ccccc2)c2ccccc2)cc1. The number of benzene rings is 6. The van der Waals surface area contributed by atoms with Crippen molar-refractivity contribution in [2.24, 2.45) is 0 Å². The average Bonchev–Trinajstić information content (AvgIpc) is 3.93. The Morgan fingerprint density at radius 3 is 1.60 bits per heavy atom. The van der Waals surface area contributed by atoms with E-state index in [9.17, 15) is 5.11 Å². The van der Waals surface area contributed by atoms with E-state index in [0.717, 1.165) is 44.9 Å². The third-order valence-electron chi connectivity index (χ3n) is 11.4. The Morgan fingerprint density at radius 1 is 0.617 bits per heavy atom. The van der Waals surface area contributed by atoms with Gasteiger partial charge < -0.3 is 29.4 Å². The van der Waals surface area contributed by atoms with E-state index in [1.165, 1.54) is 6.33 Å². The Labute approximate surface area is 349 Å². The molecular formula is C50H45N5O5. The molecule has 2 aromatic heterocycles. The topological polar surface area (TPSA) is 113 Å². The van der Waals surface area contributed by atoms with Gasteiger partial charge >= 0.3 is 0 Å². The molecule has 0 aliphatic carbocycles. The molecule has 0 radical (unpaired) electrons. The van der Waals surface area contributed by atoms with Crippen molar-refractivity contribution < 1.29 is 24.1 Å². The lowest BCUT2D eigenvalue weighted by Gasteiger charge is -2.37.